The molecule has 0 radical (unpaired) electrons. The van der Waals surface area contributed by atoms with Gasteiger partial charge in [-0.05, 0) is 45.5 Å². The van der Waals surface area contributed by atoms with Crippen molar-refractivity contribution < 1.29 is 0 Å². The summed E-state index contributed by atoms with van der Waals surface area (Å²) in [7, 11) is 3.86. The first-order valence-corrected chi connectivity index (χ1v) is 6.16. The van der Waals surface area contributed by atoms with Gasteiger partial charge in [-0.3, -0.25) is 0 Å². The number of hydrazone groups is 1. The van der Waals surface area contributed by atoms with Gasteiger partial charge in [-0.15, -0.1) is 0 Å². The molecular weight excluding hydrogens is 264 g/mol. The van der Waals surface area contributed by atoms with Crippen LogP contribution in [0.25, 0.3) is 4.48 Å². The van der Waals surface area contributed by atoms with Crippen LogP contribution in [0.2, 0.25) is 0 Å². The summed E-state index contributed by atoms with van der Waals surface area (Å²) in [6, 6.07) is 8.52. The summed E-state index contributed by atoms with van der Waals surface area (Å²) in [5.41, 5.74) is 3.98. The van der Waals surface area contributed by atoms with E-state index in [9.17, 15) is 0 Å². The average Bonchev–Trinajstić information content (AvgIpc) is 2.28. The highest BCUT2D eigenvalue weighted by atomic mass is 79.9. The number of aryl methyl sites for hydroxylation is 1. The van der Waals surface area contributed by atoms with Crippen LogP contribution in [0.4, 0.5) is 0 Å². The Kier molecular flexibility index (Phi) is 3.44. The van der Waals surface area contributed by atoms with E-state index >= 15 is 0 Å². The molecule has 0 bridgehead atoms. The molecule has 0 heterocycles. The molecule has 0 saturated carbocycles. The molecule has 0 amide bonds. The van der Waals surface area contributed by atoms with E-state index in [-0.39, 0.29) is 0 Å². The summed E-state index contributed by atoms with van der Waals surface area (Å²) in [6.45, 7) is 0. The largest absolute Gasteiger partial charge is 0.303 e. The summed E-state index contributed by atoms with van der Waals surface area (Å²) in [4.78, 5) is 0. The molecule has 3 heteroatoms. The standard InChI is InChI=1S/C13H15BrN2/c1-16(2)15-9-11-8-7-10-5-3-4-6-12(10)13(11)14/h3-6,9H,7-8H2,1-2H3. The molecule has 0 aromatic heterocycles. The molecule has 84 valence electrons. The van der Waals surface area contributed by atoms with Gasteiger partial charge in [0.05, 0.1) is 6.21 Å². The molecule has 0 saturated heterocycles. The second kappa shape index (κ2) is 4.83. The van der Waals surface area contributed by atoms with Gasteiger partial charge in [0.1, 0.15) is 0 Å². The fraction of sp³-hybridized carbons (Fsp3) is 0.308. The van der Waals surface area contributed by atoms with Crippen molar-refractivity contribution in [1.29, 1.82) is 0 Å². The molecular formula is C13H15BrN2. The molecule has 16 heavy (non-hydrogen) atoms. The Hall–Kier alpha value is -1.09. The number of hydrogen-bond donors (Lipinski definition) is 0. The number of halogens is 1. The van der Waals surface area contributed by atoms with E-state index in [4.69, 9.17) is 0 Å². The Labute approximate surface area is 105 Å². The molecule has 1 aromatic rings. The van der Waals surface area contributed by atoms with Crippen LogP contribution >= 0.6 is 15.9 Å². The summed E-state index contributed by atoms with van der Waals surface area (Å²) >= 11 is 3.67. The third kappa shape index (κ3) is 2.35. The Balaban J connectivity index is 2.35. The zero-order valence-corrected chi connectivity index (χ0v) is 11.2. The molecule has 1 aliphatic carbocycles. The van der Waals surface area contributed by atoms with Gasteiger partial charge in [-0.1, -0.05) is 24.3 Å². The highest BCUT2D eigenvalue weighted by molar-refractivity contribution is 9.15. The Morgan fingerprint density at radius 3 is 2.75 bits per heavy atom. The topological polar surface area (TPSA) is 15.6 Å². The third-order valence-corrected chi connectivity index (χ3v) is 3.58. The molecule has 1 aliphatic rings. The van der Waals surface area contributed by atoms with Crippen molar-refractivity contribution >= 4 is 26.6 Å². The van der Waals surface area contributed by atoms with Crippen LogP contribution in [0.5, 0.6) is 0 Å². The van der Waals surface area contributed by atoms with E-state index in [1.807, 2.05) is 25.3 Å². The van der Waals surface area contributed by atoms with Crippen molar-refractivity contribution in [2.24, 2.45) is 5.10 Å². The van der Waals surface area contributed by atoms with Crippen molar-refractivity contribution in [3.63, 3.8) is 0 Å². The van der Waals surface area contributed by atoms with Gasteiger partial charge in [-0.2, -0.15) is 5.10 Å². The van der Waals surface area contributed by atoms with Crippen molar-refractivity contribution in [1.82, 2.24) is 5.01 Å². The molecule has 0 atom stereocenters. The molecule has 0 unspecified atom stereocenters. The zero-order valence-electron chi connectivity index (χ0n) is 9.57. The molecule has 1 aromatic carbocycles. The normalized spacial score (nSPS) is 15.4. The van der Waals surface area contributed by atoms with E-state index in [1.54, 1.807) is 0 Å². The van der Waals surface area contributed by atoms with Gasteiger partial charge in [-0.25, -0.2) is 0 Å². The first-order valence-electron chi connectivity index (χ1n) is 5.36. The highest BCUT2D eigenvalue weighted by Crippen LogP contribution is 2.34. The lowest BCUT2D eigenvalue weighted by Crippen LogP contribution is -2.06. The quantitative estimate of drug-likeness (QED) is 0.599. The number of rotatable bonds is 2. The molecule has 0 spiro atoms. The number of hydrogen-bond acceptors (Lipinski definition) is 2. The second-order valence-corrected chi connectivity index (χ2v) is 4.88. The Morgan fingerprint density at radius 1 is 1.25 bits per heavy atom. The van der Waals surface area contributed by atoms with Crippen molar-refractivity contribution in [2.45, 2.75) is 12.8 Å². The van der Waals surface area contributed by atoms with Gasteiger partial charge in [0.2, 0.25) is 0 Å². The van der Waals surface area contributed by atoms with Crippen LogP contribution in [0.3, 0.4) is 0 Å². The van der Waals surface area contributed by atoms with Gasteiger partial charge in [0, 0.05) is 18.6 Å². The third-order valence-electron chi connectivity index (χ3n) is 2.64. The van der Waals surface area contributed by atoms with Crippen molar-refractivity contribution in [3.05, 3.63) is 41.0 Å². The van der Waals surface area contributed by atoms with Crippen molar-refractivity contribution in [2.75, 3.05) is 14.1 Å². The lowest BCUT2D eigenvalue weighted by atomic mass is 9.93. The zero-order chi connectivity index (χ0) is 11.5. The first kappa shape index (κ1) is 11.4. The van der Waals surface area contributed by atoms with E-state index in [0.29, 0.717) is 0 Å². The molecule has 0 fully saturated rings. The smallest absolute Gasteiger partial charge is 0.0513 e. The number of allylic oxidation sites excluding steroid dienone is 1. The van der Waals surface area contributed by atoms with Gasteiger partial charge in [0.15, 0.2) is 0 Å². The fourth-order valence-corrected chi connectivity index (χ4v) is 2.50. The average molecular weight is 279 g/mol. The number of nitrogens with zero attached hydrogens (tertiary/aromatic N) is 2. The van der Waals surface area contributed by atoms with Crippen LogP contribution < -0.4 is 0 Å². The van der Waals surface area contributed by atoms with E-state index in [2.05, 4.69) is 45.3 Å². The molecule has 2 rings (SSSR count). The SMILES string of the molecule is CN(C)N=CC1=C(Br)c2ccccc2CC1. The van der Waals surface area contributed by atoms with Crippen LogP contribution in [0, 0.1) is 0 Å². The van der Waals surface area contributed by atoms with Crippen molar-refractivity contribution in [3.8, 4) is 0 Å². The minimum Gasteiger partial charge on any atom is -0.303 e. The van der Waals surface area contributed by atoms with E-state index in [0.717, 1.165) is 12.8 Å². The van der Waals surface area contributed by atoms with E-state index in [1.165, 1.54) is 21.2 Å². The maximum Gasteiger partial charge on any atom is 0.0513 e. The number of benzene rings is 1. The fourth-order valence-electron chi connectivity index (χ4n) is 1.81. The monoisotopic (exact) mass is 278 g/mol. The van der Waals surface area contributed by atoms with Crippen LogP contribution in [0.15, 0.2) is 34.9 Å². The maximum atomic E-state index is 4.29. The predicted octanol–water partition coefficient (Wildman–Crippen LogP) is 3.29. The summed E-state index contributed by atoms with van der Waals surface area (Å²) in [6.07, 6.45) is 4.09. The van der Waals surface area contributed by atoms with Crippen LogP contribution in [-0.2, 0) is 6.42 Å². The summed E-state index contributed by atoms with van der Waals surface area (Å²) < 4.78 is 1.18. The maximum absolute atomic E-state index is 4.29. The van der Waals surface area contributed by atoms with Gasteiger partial charge >= 0.3 is 0 Å². The van der Waals surface area contributed by atoms with Gasteiger partial charge in [0.25, 0.3) is 0 Å². The van der Waals surface area contributed by atoms with E-state index < -0.39 is 0 Å². The Morgan fingerprint density at radius 2 is 2.00 bits per heavy atom. The summed E-state index contributed by atoms with van der Waals surface area (Å²) in [5, 5.41) is 6.11. The lowest BCUT2D eigenvalue weighted by Gasteiger charge is -2.17. The summed E-state index contributed by atoms with van der Waals surface area (Å²) in [5.74, 6) is 0. The van der Waals surface area contributed by atoms with Gasteiger partial charge < -0.3 is 5.01 Å². The molecule has 0 aliphatic heterocycles. The lowest BCUT2D eigenvalue weighted by molar-refractivity contribution is 0.440. The molecule has 0 N–H and O–H groups in total. The van der Waals surface area contributed by atoms with Crippen LogP contribution in [0.1, 0.15) is 17.5 Å². The predicted molar refractivity (Wildman–Crippen MR) is 72.8 cm³/mol. The Bertz CT molecular complexity index is 447. The minimum atomic E-state index is 1.05. The second-order valence-electron chi connectivity index (χ2n) is 4.09. The van der Waals surface area contributed by atoms with Crippen LogP contribution in [-0.4, -0.2) is 25.3 Å². The number of fused-ring (bicyclic) bond motifs is 1. The minimum absolute atomic E-state index is 1.05. The molecule has 2 nitrogen and oxygen atoms in total. The highest BCUT2D eigenvalue weighted by Gasteiger charge is 2.15. The first-order chi connectivity index (χ1) is 7.68.